The maximum atomic E-state index is 12.2. The van der Waals surface area contributed by atoms with E-state index in [1.54, 1.807) is 6.92 Å². The number of carbonyl (C=O) groups excluding carboxylic acids is 1. The Morgan fingerprint density at radius 3 is 2.53 bits per heavy atom. The first-order chi connectivity index (χ1) is 7.92. The Labute approximate surface area is 99.4 Å². The van der Waals surface area contributed by atoms with Crippen molar-refractivity contribution in [1.82, 2.24) is 10.2 Å². The van der Waals surface area contributed by atoms with Crippen LogP contribution < -0.4 is 5.32 Å². The van der Waals surface area contributed by atoms with Crippen LogP contribution in [0.1, 0.15) is 26.2 Å². The Morgan fingerprint density at radius 2 is 2.06 bits per heavy atom. The lowest BCUT2D eigenvalue weighted by atomic mass is 10.3. The number of amides is 1. The SMILES string of the molecule is CCCN(CC(F)(F)F)C(=O)CNCC1CC1. The summed E-state index contributed by atoms with van der Waals surface area (Å²) >= 11 is 0. The standard InChI is InChI=1S/C11H19F3N2O/c1-2-5-16(8-11(12,13)14)10(17)7-15-6-9-3-4-9/h9,15H,2-8H2,1H3. The van der Waals surface area contributed by atoms with E-state index in [0.717, 1.165) is 24.3 Å². The van der Waals surface area contributed by atoms with Gasteiger partial charge in [-0.1, -0.05) is 6.92 Å². The molecule has 0 heterocycles. The lowest BCUT2D eigenvalue weighted by Crippen LogP contribution is -2.43. The number of carbonyl (C=O) groups is 1. The zero-order chi connectivity index (χ0) is 12.9. The highest BCUT2D eigenvalue weighted by molar-refractivity contribution is 5.78. The molecule has 3 nitrogen and oxygen atoms in total. The van der Waals surface area contributed by atoms with E-state index in [0.29, 0.717) is 12.3 Å². The summed E-state index contributed by atoms with van der Waals surface area (Å²) in [7, 11) is 0. The van der Waals surface area contributed by atoms with E-state index in [-0.39, 0.29) is 13.1 Å². The molecule has 1 aliphatic carbocycles. The van der Waals surface area contributed by atoms with Crippen LogP contribution in [0.5, 0.6) is 0 Å². The lowest BCUT2D eigenvalue weighted by Gasteiger charge is -2.23. The first-order valence-corrected chi connectivity index (χ1v) is 5.97. The normalized spacial score (nSPS) is 16.0. The predicted molar refractivity (Wildman–Crippen MR) is 58.5 cm³/mol. The summed E-state index contributed by atoms with van der Waals surface area (Å²) in [5.74, 6) is 0.148. The Hall–Kier alpha value is -0.780. The van der Waals surface area contributed by atoms with E-state index < -0.39 is 18.6 Å². The first-order valence-electron chi connectivity index (χ1n) is 5.97. The highest BCUT2D eigenvalue weighted by Crippen LogP contribution is 2.27. The van der Waals surface area contributed by atoms with Crippen LogP contribution in [0.25, 0.3) is 0 Å². The molecule has 0 aliphatic heterocycles. The van der Waals surface area contributed by atoms with Gasteiger partial charge in [-0.05, 0) is 31.7 Å². The average molecular weight is 252 g/mol. The molecule has 1 aliphatic rings. The highest BCUT2D eigenvalue weighted by Gasteiger charge is 2.32. The van der Waals surface area contributed by atoms with Crippen molar-refractivity contribution in [3.8, 4) is 0 Å². The van der Waals surface area contributed by atoms with Crippen LogP contribution in [0.4, 0.5) is 13.2 Å². The second-order valence-electron chi connectivity index (χ2n) is 4.50. The number of nitrogens with one attached hydrogen (secondary N) is 1. The van der Waals surface area contributed by atoms with Crippen molar-refractivity contribution in [2.45, 2.75) is 32.4 Å². The van der Waals surface area contributed by atoms with Gasteiger partial charge in [-0.15, -0.1) is 0 Å². The van der Waals surface area contributed by atoms with Gasteiger partial charge in [0.25, 0.3) is 0 Å². The Morgan fingerprint density at radius 1 is 1.41 bits per heavy atom. The van der Waals surface area contributed by atoms with Crippen LogP contribution >= 0.6 is 0 Å². The van der Waals surface area contributed by atoms with Gasteiger partial charge in [-0.25, -0.2) is 0 Å². The third-order valence-corrected chi connectivity index (χ3v) is 2.62. The third kappa shape index (κ3) is 6.51. The fourth-order valence-corrected chi connectivity index (χ4v) is 1.60. The van der Waals surface area contributed by atoms with E-state index >= 15 is 0 Å². The maximum Gasteiger partial charge on any atom is 0.406 e. The van der Waals surface area contributed by atoms with Gasteiger partial charge in [0.15, 0.2) is 0 Å². The summed E-state index contributed by atoms with van der Waals surface area (Å²) in [4.78, 5) is 12.5. The number of halogens is 3. The van der Waals surface area contributed by atoms with Crippen LogP contribution in [0.3, 0.4) is 0 Å². The fourth-order valence-electron chi connectivity index (χ4n) is 1.60. The molecule has 0 bridgehead atoms. The van der Waals surface area contributed by atoms with Crippen molar-refractivity contribution >= 4 is 5.91 Å². The topological polar surface area (TPSA) is 32.3 Å². The molecular weight excluding hydrogens is 233 g/mol. The van der Waals surface area contributed by atoms with E-state index in [4.69, 9.17) is 0 Å². The molecule has 0 unspecified atom stereocenters. The predicted octanol–water partition coefficient (Wildman–Crippen LogP) is 1.79. The van der Waals surface area contributed by atoms with Crippen molar-refractivity contribution < 1.29 is 18.0 Å². The second-order valence-corrected chi connectivity index (χ2v) is 4.50. The van der Waals surface area contributed by atoms with Gasteiger partial charge < -0.3 is 10.2 Å². The summed E-state index contributed by atoms with van der Waals surface area (Å²) < 4.78 is 36.7. The molecule has 6 heteroatoms. The molecule has 0 aromatic heterocycles. The van der Waals surface area contributed by atoms with E-state index in [2.05, 4.69) is 5.32 Å². The molecule has 0 atom stereocenters. The smallest absolute Gasteiger partial charge is 0.332 e. The quantitative estimate of drug-likeness (QED) is 0.749. The number of hydrogen-bond donors (Lipinski definition) is 1. The molecule has 0 saturated heterocycles. The van der Waals surface area contributed by atoms with E-state index in [1.165, 1.54) is 0 Å². The summed E-state index contributed by atoms with van der Waals surface area (Å²) in [5.41, 5.74) is 0. The zero-order valence-electron chi connectivity index (χ0n) is 10.0. The van der Waals surface area contributed by atoms with Gasteiger partial charge in [0.2, 0.25) is 5.91 Å². The van der Waals surface area contributed by atoms with Gasteiger partial charge >= 0.3 is 6.18 Å². The molecular formula is C11H19F3N2O. The monoisotopic (exact) mass is 252 g/mol. The second kappa shape index (κ2) is 6.23. The average Bonchev–Trinajstić information content (AvgIpc) is 2.99. The van der Waals surface area contributed by atoms with Crippen LogP contribution in [0.15, 0.2) is 0 Å². The van der Waals surface area contributed by atoms with Crippen molar-refractivity contribution in [3.63, 3.8) is 0 Å². The number of alkyl halides is 3. The Bertz CT molecular complexity index is 252. The number of nitrogens with zero attached hydrogens (tertiary/aromatic N) is 1. The molecule has 0 radical (unpaired) electrons. The summed E-state index contributed by atoms with van der Waals surface area (Å²) in [6.07, 6.45) is -1.48. The number of hydrogen-bond acceptors (Lipinski definition) is 2. The van der Waals surface area contributed by atoms with Gasteiger partial charge in [-0.3, -0.25) is 4.79 Å². The number of rotatable bonds is 7. The van der Waals surface area contributed by atoms with Gasteiger partial charge in [-0.2, -0.15) is 13.2 Å². The van der Waals surface area contributed by atoms with Crippen LogP contribution in [0.2, 0.25) is 0 Å². The minimum atomic E-state index is -4.32. The van der Waals surface area contributed by atoms with Crippen molar-refractivity contribution in [3.05, 3.63) is 0 Å². The largest absolute Gasteiger partial charge is 0.406 e. The molecule has 1 fully saturated rings. The van der Waals surface area contributed by atoms with E-state index in [9.17, 15) is 18.0 Å². The van der Waals surface area contributed by atoms with Gasteiger partial charge in [0.1, 0.15) is 6.54 Å². The van der Waals surface area contributed by atoms with Gasteiger partial charge in [0.05, 0.1) is 6.54 Å². The van der Waals surface area contributed by atoms with Crippen molar-refractivity contribution in [2.24, 2.45) is 5.92 Å². The summed E-state index contributed by atoms with van der Waals surface area (Å²) in [6.45, 7) is 1.51. The molecule has 1 rings (SSSR count). The molecule has 1 amide bonds. The maximum absolute atomic E-state index is 12.2. The summed E-state index contributed by atoms with van der Waals surface area (Å²) in [5, 5.41) is 2.91. The Balaban J connectivity index is 2.30. The van der Waals surface area contributed by atoms with Crippen molar-refractivity contribution in [1.29, 1.82) is 0 Å². The molecule has 1 saturated carbocycles. The molecule has 0 aromatic carbocycles. The minimum Gasteiger partial charge on any atom is -0.332 e. The highest BCUT2D eigenvalue weighted by atomic mass is 19.4. The molecule has 1 N–H and O–H groups in total. The van der Waals surface area contributed by atoms with Gasteiger partial charge in [0, 0.05) is 6.54 Å². The molecule has 0 spiro atoms. The Kier molecular flexibility index (Phi) is 5.24. The molecule has 0 aromatic rings. The lowest BCUT2D eigenvalue weighted by molar-refractivity contribution is -0.160. The first kappa shape index (κ1) is 14.3. The molecule has 100 valence electrons. The van der Waals surface area contributed by atoms with Crippen LogP contribution in [-0.4, -0.2) is 43.2 Å². The third-order valence-electron chi connectivity index (χ3n) is 2.62. The summed E-state index contributed by atoms with van der Waals surface area (Å²) in [6, 6.07) is 0. The fraction of sp³-hybridized carbons (Fsp3) is 0.909. The van der Waals surface area contributed by atoms with Crippen LogP contribution in [0, 0.1) is 5.92 Å². The minimum absolute atomic E-state index is 0.00653. The molecule has 17 heavy (non-hydrogen) atoms. The van der Waals surface area contributed by atoms with Crippen molar-refractivity contribution in [2.75, 3.05) is 26.2 Å². The zero-order valence-corrected chi connectivity index (χ0v) is 10.0. The van der Waals surface area contributed by atoms with E-state index in [1.807, 2.05) is 0 Å². The van der Waals surface area contributed by atoms with Crippen LogP contribution in [-0.2, 0) is 4.79 Å².